The van der Waals surface area contributed by atoms with Gasteiger partial charge in [0.25, 0.3) is 0 Å². The molecule has 0 saturated heterocycles. The van der Waals surface area contributed by atoms with Crippen molar-refractivity contribution in [1.82, 2.24) is 14.1 Å². The number of fused-ring (bicyclic) bond motifs is 6. The van der Waals surface area contributed by atoms with Crippen LogP contribution in [0.3, 0.4) is 0 Å². The number of hydrogen-bond acceptors (Lipinski definition) is 2. The third-order valence-electron chi connectivity index (χ3n) is 10.3. The molecule has 0 aliphatic carbocycles. The molecule has 242 valence electrons. The van der Waals surface area contributed by atoms with E-state index in [1.165, 1.54) is 43.8 Å². The standard InChI is InChI=1S/C48H30N4/c49-30-32-19-22-45(51-43-17-9-7-15-37(43)40-28-35(20-23-46(40)51)33-11-3-1-4-12-33)39(27-32)42-31-50-26-25-48(42)52-44-18-10-8-16-38(44)41-29-36(21-24-47(41)52)34-13-5-2-6-14-34/h1-29,31H. The molecular formula is C48H30N4. The van der Waals surface area contributed by atoms with E-state index in [-0.39, 0.29) is 0 Å². The van der Waals surface area contributed by atoms with Crippen molar-refractivity contribution in [2.45, 2.75) is 0 Å². The summed E-state index contributed by atoms with van der Waals surface area (Å²) in [6.07, 6.45) is 3.80. The lowest BCUT2D eigenvalue weighted by atomic mass is 10.00. The highest BCUT2D eigenvalue weighted by molar-refractivity contribution is 6.12. The summed E-state index contributed by atoms with van der Waals surface area (Å²) in [5, 5.41) is 14.9. The first kappa shape index (κ1) is 29.7. The van der Waals surface area contributed by atoms with Gasteiger partial charge >= 0.3 is 0 Å². The Kier molecular flexibility index (Phi) is 6.84. The number of nitriles is 1. The number of pyridine rings is 1. The quantitative estimate of drug-likeness (QED) is 0.184. The molecule has 0 spiro atoms. The second-order valence-electron chi connectivity index (χ2n) is 13.1. The van der Waals surface area contributed by atoms with Crippen LogP contribution in [0.25, 0.3) is 88.4 Å². The second kappa shape index (κ2) is 12.0. The van der Waals surface area contributed by atoms with Crippen LogP contribution >= 0.6 is 0 Å². The van der Waals surface area contributed by atoms with E-state index in [1.807, 2.05) is 30.6 Å². The van der Waals surface area contributed by atoms with Crippen molar-refractivity contribution in [3.63, 3.8) is 0 Å². The van der Waals surface area contributed by atoms with Gasteiger partial charge in [-0.15, -0.1) is 0 Å². The molecule has 0 fully saturated rings. The smallest absolute Gasteiger partial charge is 0.0991 e. The SMILES string of the molecule is N#Cc1ccc(-n2c3ccccc3c3cc(-c4ccccc4)ccc32)c(-c2cnccc2-n2c3ccccc3c3cc(-c4ccccc4)ccc32)c1. The topological polar surface area (TPSA) is 46.5 Å². The molecule has 4 nitrogen and oxygen atoms in total. The third kappa shape index (κ3) is 4.65. The number of nitrogens with zero attached hydrogens (tertiary/aromatic N) is 4. The van der Waals surface area contributed by atoms with E-state index in [2.05, 4.69) is 172 Å². The maximum absolute atomic E-state index is 10.2. The normalized spacial score (nSPS) is 11.4. The number of hydrogen-bond donors (Lipinski definition) is 0. The first-order valence-electron chi connectivity index (χ1n) is 17.4. The van der Waals surface area contributed by atoms with Crippen LogP contribution in [-0.4, -0.2) is 14.1 Å². The minimum Gasteiger partial charge on any atom is -0.309 e. The molecule has 0 saturated carbocycles. The molecule has 0 radical (unpaired) electrons. The fourth-order valence-electron chi connectivity index (χ4n) is 7.89. The molecule has 0 unspecified atom stereocenters. The summed E-state index contributed by atoms with van der Waals surface area (Å²) in [4.78, 5) is 4.69. The predicted octanol–water partition coefficient (Wildman–Crippen LogP) is 12.1. The highest BCUT2D eigenvalue weighted by Gasteiger charge is 2.21. The lowest BCUT2D eigenvalue weighted by Gasteiger charge is -2.18. The van der Waals surface area contributed by atoms with Crippen LogP contribution < -0.4 is 0 Å². The first-order valence-corrected chi connectivity index (χ1v) is 17.4. The number of benzene rings is 7. The molecule has 0 aliphatic heterocycles. The first-order chi connectivity index (χ1) is 25.8. The number of para-hydroxylation sites is 2. The van der Waals surface area contributed by atoms with Crippen molar-refractivity contribution in [3.05, 3.63) is 188 Å². The summed E-state index contributed by atoms with van der Waals surface area (Å²) in [7, 11) is 0. The molecule has 0 amide bonds. The van der Waals surface area contributed by atoms with Crippen LogP contribution in [0.15, 0.2) is 182 Å². The van der Waals surface area contributed by atoms with Gasteiger partial charge in [0.05, 0.1) is 45.1 Å². The van der Waals surface area contributed by atoms with E-state index in [0.717, 1.165) is 44.6 Å². The molecule has 52 heavy (non-hydrogen) atoms. The number of rotatable bonds is 5. The molecule has 4 heteroatoms. The minimum atomic E-state index is 0.593. The van der Waals surface area contributed by atoms with Gasteiger partial charge in [0, 0.05) is 45.1 Å². The molecule has 0 atom stereocenters. The van der Waals surface area contributed by atoms with Gasteiger partial charge in [-0.25, -0.2) is 0 Å². The maximum Gasteiger partial charge on any atom is 0.0991 e. The van der Waals surface area contributed by atoms with E-state index >= 15 is 0 Å². The number of aromatic nitrogens is 3. The summed E-state index contributed by atoms with van der Waals surface area (Å²) in [6.45, 7) is 0. The summed E-state index contributed by atoms with van der Waals surface area (Å²) in [5.74, 6) is 0. The van der Waals surface area contributed by atoms with E-state index in [9.17, 15) is 5.26 Å². The largest absolute Gasteiger partial charge is 0.309 e. The zero-order valence-electron chi connectivity index (χ0n) is 28.1. The Morgan fingerprint density at radius 1 is 0.404 bits per heavy atom. The van der Waals surface area contributed by atoms with Crippen LogP contribution in [0, 0.1) is 11.3 Å². The molecule has 0 N–H and O–H groups in total. The summed E-state index contributed by atoms with van der Waals surface area (Å²) < 4.78 is 4.68. The monoisotopic (exact) mass is 662 g/mol. The summed E-state index contributed by atoms with van der Waals surface area (Å²) in [5.41, 5.74) is 13.6. The average Bonchev–Trinajstić information content (AvgIpc) is 3.73. The molecule has 10 rings (SSSR count). The lowest BCUT2D eigenvalue weighted by Crippen LogP contribution is -2.02. The Morgan fingerprint density at radius 3 is 1.46 bits per heavy atom. The van der Waals surface area contributed by atoms with Gasteiger partial charge in [-0.3, -0.25) is 4.98 Å². The molecular weight excluding hydrogens is 633 g/mol. The molecule has 3 heterocycles. The van der Waals surface area contributed by atoms with Gasteiger partial charge in [0.2, 0.25) is 0 Å². The Morgan fingerprint density at radius 2 is 0.904 bits per heavy atom. The van der Waals surface area contributed by atoms with Crippen molar-refractivity contribution < 1.29 is 0 Å². The van der Waals surface area contributed by atoms with Crippen LogP contribution in [0.1, 0.15) is 5.56 Å². The van der Waals surface area contributed by atoms with Crippen LogP contribution in [0.2, 0.25) is 0 Å². The molecule has 3 aromatic heterocycles. The van der Waals surface area contributed by atoms with Crippen LogP contribution in [0.5, 0.6) is 0 Å². The van der Waals surface area contributed by atoms with Crippen LogP contribution in [-0.2, 0) is 0 Å². The van der Waals surface area contributed by atoms with Gasteiger partial charge in [0.15, 0.2) is 0 Å². The highest BCUT2D eigenvalue weighted by Crippen LogP contribution is 2.42. The predicted molar refractivity (Wildman–Crippen MR) is 214 cm³/mol. The van der Waals surface area contributed by atoms with Crippen molar-refractivity contribution in [1.29, 1.82) is 5.26 Å². The lowest BCUT2D eigenvalue weighted by molar-refractivity contribution is 1.14. The Balaban J connectivity index is 1.24. The van der Waals surface area contributed by atoms with Crippen molar-refractivity contribution in [3.8, 4) is 50.8 Å². The van der Waals surface area contributed by atoms with E-state index < -0.39 is 0 Å². The highest BCUT2D eigenvalue weighted by atomic mass is 15.0. The Hall–Kier alpha value is -7.22. The molecule has 10 aromatic rings. The van der Waals surface area contributed by atoms with Gasteiger partial charge in [-0.05, 0) is 82.9 Å². The van der Waals surface area contributed by atoms with E-state index in [4.69, 9.17) is 0 Å². The summed E-state index contributed by atoms with van der Waals surface area (Å²) in [6, 6.07) is 62.2. The average molecular weight is 663 g/mol. The zero-order valence-corrected chi connectivity index (χ0v) is 28.1. The Labute approximate surface area is 300 Å². The molecule has 7 aromatic carbocycles. The zero-order chi connectivity index (χ0) is 34.6. The fraction of sp³-hybridized carbons (Fsp3) is 0. The van der Waals surface area contributed by atoms with Crippen molar-refractivity contribution >= 4 is 43.6 Å². The molecule has 0 bridgehead atoms. The van der Waals surface area contributed by atoms with Crippen LogP contribution in [0.4, 0.5) is 0 Å². The van der Waals surface area contributed by atoms with E-state index in [0.29, 0.717) is 5.56 Å². The van der Waals surface area contributed by atoms with Gasteiger partial charge in [-0.2, -0.15) is 5.26 Å². The fourth-order valence-corrected chi connectivity index (χ4v) is 7.89. The van der Waals surface area contributed by atoms with Gasteiger partial charge in [-0.1, -0.05) is 109 Å². The Bertz CT molecular complexity index is 3020. The molecule has 0 aliphatic rings. The van der Waals surface area contributed by atoms with Gasteiger partial charge < -0.3 is 9.13 Å². The van der Waals surface area contributed by atoms with Gasteiger partial charge in [0.1, 0.15) is 0 Å². The van der Waals surface area contributed by atoms with E-state index in [1.54, 1.807) is 0 Å². The minimum absolute atomic E-state index is 0.593. The maximum atomic E-state index is 10.2. The van der Waals surface area contributed by atoms with Crippen molar-refractivity contribution in [2.75, 3.05) is 0 Å². The second-order valence-corrected chi connectivity index (χ2v) is 13.1. The summed E-state index contributed by atoms with van der Waals surface area (Å²) >= 11 is 0. The third-order valence-corrected chi connectivity index (χ3v) is 10.3. The van der Waals surface area contributed by atoms with Crippen molar-refractivity contribution in [2.24, 2.45) is 0 Å².